The number of halogens is 4. The van der Waals surface area contributed by atoms with Crippen molar-refractivity contribution >= 4 is 23.3 Å². The topological polar surface area (TPSA) is 106 Å². The number of nitrogens with zero attached hydrogens (tertiary/aromatic N) is 2. The SMILES string of the molecule is C[C@@H]1CN(c2ccc(-c3ccc(C(=O)O)cc3F)cc2NC(=O)c2c[nH]c(=O)cc2C(F)(F)F)C[C@H](C)N1C. The number of aromatic carboxylic acids is 1. The summed E-state index contributed by atoms with van der Waals surface area (Å²) in [4.78, 5) is 42.2. The number of pyridine rings is 1. The molecule has 1 aliphatic rings. The molecule has 2 heterocycles. The van der Waals surface area contributed by atoms with Gasteiger partial charge in [0.05, 0.1) is 28.1 Å². The predicted octanol–water partition coefficient (Wildman–Crippen LogP) is 4.68. The van der Waals surface area contributed by atoms with Crippen molar-refractivity contribution in [1.29, 1.82) is 0 Å². The second-order valence-corrected chi connectivity index (χ2v) is 9.58. The molecule has 39 heavy (non-hydrogen) atoms. The van der Waals surface area contributed by atoms with Crippen molar-refractivity contribution in [3.05, 3.63) is 81.5 Å². The molecule has 0 radical (unpaired) electrons. The van der Waals surface area contributed by atoms with Crippen molar-refractivity contribution in [2.75, 3.05) is 30.4 Å². The standard InChI is InChI=1S/C27H26F4N4O4/c1-14-12-35(13-15(2)34(14)3)23-7-5-16(18-6-4-17(26(38)39)8-21(18)28)9-22(23)33-25(37)19-11-32-24(36)10-20(19)27(29,30)31/h4-11,14-15H,12-13H2,1-3H3,(H,32,36)(H,33,37)(H,38,39)/t14-,15+. The maximum Gasteiger partial charge on any atom is 0.417 e. The first-order chi connectivity index (χ1) is 18.3. The largest absolute Gasteiger partial charge is 0.478 e. The number of hydrogen-bond donors (Lipinski definition) is 3. The highest BCUT2D eigenvalue weighted by atomic mass is 19.4. The molecule has 4 rings (SSSR count). The summed E-state index contributed by atoms with van der Waals surface area (Å²) in [6.07, 6.45) is -4.25. The number of piperazine rings is 1. The number of carbonyl (C=O) groups is 2. The summed E-state index contributed by atoms with van der Waals surface area (Å²) in [5, 5.41) is 11.7. The van der Waals surface area contributed by atoms with E-state index in [-0.39, 0.29) is 34.5 Å². The minimum Gasteiger partial charge on any atom is -0.478 e. The van der Waals surface area contributed by atoms with Crippen molar-refractivity contribution in [2.24, 2.45) is 0 Å². The lowest BCUT2D eigenvalue weighted by atomic mass is 10.00. The van der Waals surface area contributed by atoms with E-state index < -0.39 is 40.6 Å². The molecule has 0 aliphatic carbocycles. The van der Waals surface area contributed by atoms with Gasteiger partial charge >= 0.3 is 12.1 Å². The molecule has 3 N–H and O–H groups in total. The number of carbonyl (C=O) groups excluding carboxylic acids is 1. The molecule has 1 aliphatic heterocycles. The molecular formula is C27H26F4N4O4. The van der Waals surface area contributed by atoms with Crippen LogP contribution in [0.1, 0.15) is 40.1 Å². The Bertz CT molecular complexity index is 1480. The number of anilines is 2. The van der Waals surface area contributed by atoms with E-state index in [0.717, 1.165) is 6.07 Å². The summed E-state index contributed by atoms with van der Waals surface area (Å²) in [6.45, 7) is 5.14. The Morgan fingerprint density at radius 1 is 1.05 bits per heavy atom. The van der Waals surface area contributed by atoms with Crippen molar-refractivity contribution in [2.45, 2.75) is 32.1 Å². The molecule has 3 aromatic rings. The number of amides is 1. The van der Waals surface area contributed by atoms with E-state index in [1.54, 1.807) is 12.1 Å². The monoisotopic (exact) mass is 546 g/mol. The highest BCUT2D eigenvalue weighted by Crippen LogP contribution is 2.36. The van der Waals surface area contributed by atoms with Crippen LogP contribution >= 0.6 is 0 Å². The molecule has 0 bridgehead atoms. The van der Waals surface area contributed by atoms with Crippen LogP contribution in [0.3, 0.4) is 0 Å². The van der Waals surface area contributed by atoms with Gasteiger partial charge < -0.3 is 20.3 Å². The summed E-state index contributed by atoms with van der Waals surface area (Å²) in [6, 6.07) is 8.59. The van der Waals surface area contributed by atoms with Gasteiger partial charge in [-0.05, 0) is 50.7 Å². The van der Waals surface area contributed by atoms with Crippen molar-refractivity contribution < 1.29 is 32.3 Å². The fourth-order valence-corrected chi connectivity index (χ4v) is 4.65. The number of aromatic nitrogens is 1. The molecule has 1 saturated heterocycles. The molecule has 0 spiro atoms. The Kier molecular flexibility index (Phi) is 7.51. The van der Waals surface area contributed by atoms with Crippen LogP contribution in [0.5, 0.6) is 0 Å². The van der Waals surface area contributed by atoms with Crippen LogP contribution in [-0.2, 0) is 6.18 Å². The van der Waals surface area contributed by atoms with Crippen LogP contribution in [0.2, 0.25) is 0 Å². The summed E-state index contributed by atoms with van der Waals surface area (Å²) in [5.74, 6) is -3.24. The van der Waals surface area contributed by atoms with Crippen LogP contribution in [0.15, 0.2) is 53.5 Å². The second kappa shape index (κ2) is 10.5. The van der Waals surface area contributed by atoms with Gasteiger partial charge in [0.1, 0.15) is 5.82 Å². The number of rotatable bonds is 5. The fraction of sp³-hybridized carbons (Fsp3) is 0.296. The van der Waals surface area contributed by atoms with E-state index in [1.165, 1.54) is 18.2 Å². The van der Waals surface area contributed by atoms with Crippen LogP contribution in [-0.4, -0.2) is 59.1 Å². The van der Waals surface area contributed by atoms with Gasteiger partial charge in [-0.15, -0.1) is 0 Å². The van der Waals surface area contributed by atoms with Gasteiger partial charge in [0.2, 0.25) is 5.56 Å². The van der Waals surface area contributed by atoms with Crippen LogP contribution in [0.25, 0.3) is 11.1 Å². The number of alkyl halides is 3. The van der Waals surface area contributed by atoms with Gasteiger partial charge in [-0.25, -0.2) is 9.18 Å². The summed E-state index contributed by atoms with van der Waals surface area (Å²) >= 11 is 0. The van der Waals surface area contributed by atoms with E-state index in [9.17, 15) is 31.9 Å². The van der Waals surface area contributed by atoms with Gasteiger partial charge in [-0.3, -0.25) is 14.5 Å². The highest BCUT2D eigenvalue weighted by Gasteiger charge is 2.36. The molecule has 0 unspecified atom stereocenters. The third kappa shape index (κ3) is 5.80. The third-order valence-electron chi connectivity index (χ3n) is 6.95. The first-order valence-electron chi connectivity index (χ1n) is 12.0. The molecule has 0 saturated carbocycles. The summed E-state index contributed by atoms with van der Waals surface area (Å²) in [5.41, 5.74) is -2.48. The van der Waals surface area contributed by atoms with Gasteiger partial charge in [0.25, 0.3) is 5.91 Å². The first-order valence-corrected chi connectivity index (χ1v) is 12.0. The van der Waals surface area contributed by atoms with E-state index in [2.05, 4.69) is 15.2 Å². The Hall–Kier alpha value is -4.19. The second-order valence-electron chi connectivity index (χ2n) is 9.58. The van der Waals surface area contributed by atoms with Crippen LogP contribution < -0.4 is 15.8 Å². The lowest BCUT2D eigenvalue weighted by Gasteiger charge is -2.44. The van der Waals surface area contributed by atoms with Crippen LogP contribution in [0.4, 0.5) is 28.9 Å². The van der Waals surface area contributed by atoms with Crippen molar-refractivity contribution in [1.82, 2.24) is 9.88 Å². The number of nitrogens with one attached hydrogen (secondary N) is 2. The van der Waals surface area contributed by atoms with Gasteiger partial charge in [0, 0.05) is 43.0 Å². The summed E-state index contributed by atoms with van der Waals surface area (Å²) in [7, 11) is 1.98. The normalized spacial score (nSPS) is 18.2. The molecule has 1 aromatic heterocycles. The van der Waals surface area contributed by atoms with Gasteiger partial charge in [0.15, 0.2) is 0 Å². The number of H-pyrrole nitrogens is 1. The van der Waals surface area contributed by atoms with E-state index in [4.69, 9.17) is 5.11 Å². The smallest absolute Gasteiger partial charge is 0.417 e. The molecule has 2 aromatic carbocycles. The zero-order valence-electron chi connectivity index (χ0n) is 21.3. The average molecular weight is 547 g/mol. The number of benzene rings is 2. The van der Waals surface area contributed by atoms with Crippen molar-refractivity contribution in [3.8, 4) is 11.1 Å². The maximum absolute atomic E-state index is 14.9. The van der Waals surface area contributed by atoms with E-state index in [1.807, 2.05) is 25.8 Å². The summed E-state index contributed by atoms with van der Waals surface area (Å²) < 4.78 is 55.7. The van der Waals surface area contributed by atoms with Gasteiger partial charge in [-0.1, -0.05) is 12.1 Å². The Morgan fingerprint density at radius 3 is 2.31 bits per heavy atom. The molecule has 2 atom stereocenters. The van der Waals surface area contributed by atoms with E-state index in [0.29, 0.717) is 31.0 Å². The number of hydrogen-bond acceptors (Lipinski definition) is 5. The number of carboxylic acid groups (broad SMARTS) is 1. The first kappa shape index (κ1) is 27.8. The number of likely N-dealkylation sites (N-methyl/N-ethyl adjacent to an activating group) is 1. The molecule has 206 valence electrons. The highest BCUT2D eigenvalue weighted by molar-refractivity contribution is 6.07. The minimum absolute atomic E-state index is 0.0437. The molecule has 8 nitrogen and oxygen atoms in total. The molecule has 1 amide bonds. The molecule has 1 fully saturated rings. The zero-order valence-corrected chi connectivity index (χ0v) is 21.3. The third-order valence-corrected chi connectivity index (χ3v) is 6.95. The zero-order chi connectivity index (χ0) is 28.6. The Morgan fingerprint density at radius 2 is 1.72 bits per heavy atom. The molecular weight excluding hydrogens is 520 g/mol. The fourth-order valence-electron chi connectivity index (χ4n) is 4.65. The quantitative estimate of drug-likeness (QED) is 0.402. The lowest BCUT2D eigenvalue weighted by Crippen LogP contribution is -2.55. The van der Waals surface area contributed by atoms with Crippen molar-refractivity contribution in [3.63, 3.8) is 0 Å². The lowest BCUT2D eigenvalue weighted by molar-refractivity contribution is -0.138. The average Bonchev–Trinajstić information content (AvgIpc) is 2.86. The van der Waals surface area contributed by atoms with Gasteiger partial charge in [-0.2, -0.15) is 13.2 Å². The maximum atomic E-state index is 14.9. The minimum atomic E-state index is -4.96. The Labute approximate surface area is 220 Å². The Balaban J connectivity index is 1.80. The van der Waals surface area contributed by atoms with Crippen LogP contribution in [0, 0.1) is 5.82 Å². The number of aromatic amines is 1. The van der Waals surface area contributed by atoms with E-state index >= 15 is 0 Å². The number of carboxylic acids is 1. The predicted molar refractivity (Wildman–Crippen MR) is 138 cm³/mol. The molecule has 12 heteroatoms.